The Hall–Kier alpha value is -3.55. The quantitative estimate of drug-likeness (QED) is 0.232. The van der Waals surface area contributed by atoms with Crippen molar-refractivity contribution in [2.45, 2.75) is 81.3 Å². The van der Waals surface area contributed by atoms with Crippen molar-refractivity contribution in [1.82, 2.24) is 20.5 Å². The summed E-state index contributed by atoms with van der Waals surface area (Å²) in [7, 11) is -3.87. The van der Waals surface area contributed by atoms with Gasteiger partial charge in [0.1, 0.15) is 11.8 Å². The molecule has 1 saturated carbocycles. The van der Waals surface area contributed by atoms with Crippen LogP contribution in [0.1, 0.15) is 51.5 Å². The second-order valence-corrected chi connectivity index (χ2v) is 15.7. The van der Waals surface area contributed by atoms with Gasteiger partial charge in [-0.2, -0.15) is 0 Å². The minimum absolute atomic E-state index is 0.0834. The molecule has 252 valence electrons. The number of carbonyl (C=O) groups excluding carboxylic acids is 3. The number of primary amides is 1. The lowest BCUT2D eigenvalue weighted by Gasteiger charge is -2.46. The highest BCUT2D eigenvalue weighted by molar-refractivity contribution is 7.92. The van der Waals surface area contributed by atoms with Crippen molar-refractivity contribution in [1.29, 1.82) is 0 Å². The molecule has 1 aliphatic heterocycles. The van der Waals surface area contributed by atoms with Gasteiger partial charge in [-0.25, -0.2) is 8.42 Å². The van der Waals surface area contributed by atoms with Gasteiger partial charge in [0.15, 0.2) is 16.4 Å². The zero-order valence-corrected chi connectivity index (χ0v) is 27.6. The molecule has 4 rings (SSSR count). The Balaban J connectivity index is 1.55. The number of nitrogens with one attached hydrogen (secondary N) is 2. The number of aliphatic hydroxyl groups is 1. The Morgan fingerprint density at radius 2 is 1.78 bits per heavy atom. The molecule has 0 spiro atoms. The molecule has 0 radical (unpaired) electrons. The number of sulfone groups is 1. The van der Waals surface area contributed by atoms with Gasteiger partial charge in [-0.05, 0) is 62.6 Å². The van der Waals surface area contributed by atoms with Gasteiger partial charge in [-0.15, -0.1) is 0 Å². The smallest absolute Gasteiger partial charge is 0.258 e. The number of likely N-dealkylation sites (tertiary alicyclic amines) is 1. The van der Waals surface area contributed by atoms with Crippen LogP contribution < -0.4 is 21.1 Å². The van der Waals surface area contributed by atoms with Crippen molar-refractivity contribution in [2.75, 3.05) is 26.0 Å². The largest absolute Gasteiger partial charge is 0.482 e. The van der Waals surface area contributed by atoms with E-state index in [-0.39, 0.29) is 13.0 Å². The Bertz CT molecular complexity index is 1440. The summed E-state index contributed by atoms with van der Waals surface area (Å²) in [4.78, 5) is 45.3. The van der Waals surface area contributed by atoms with Crippen molar-refractivity contribution in [3.8, 4) is 5.75 Å². The molecule has 1 aliphatic carbocycles. The molecule has 2 heterocycles. The van der Waals surface area contributed by atoms with Crippen molar-refractivity contribution in [3.05, 3.63) is 60.4 Å². The molecule has 0 bridgehead atoms. The van der Waals surface area contributed by atoms with E-state index in [0.717, 1.165) is 37.5 Å². The highest BCUT2D eigenvalue weighted by Crippen LogP contribution is 2.38. The standard InChI is InChI=1S/C33H47N5O7S/c1-33(2,46(3,43)44)30(37-29(40)21-45-25-14-9-15-35-18-25)32(42)36-26(16-22-10-5-4-6-11-22)28(39)20-38-19-24-13-8-7-12-23(24)17-27(38)31(34)41/h4-6,9-11,14-15,18,23-24,26-28,30,39H,7-8,12-13,16-17,19-21H2,1-3H3,(H2,34,41)(H,36,42)(H,37,40)/t23?,24?,26-,27-,28+,30+/m0/s1. The second kappa shape index (κ2) is 15.4. The number of hydrogen-bond donors (Lipinski definition) is 4. The fourth-order valence-electron chi connectivity index (χ4n) is 6.54. The van der Waals surface area contributed by atoms with E-state index in [1.165, 1.54) is 20.0 Å². The van der Waals surface area contributed by atoms with E-state index in [4.69, 9.17) is 10.5 Å². The minimum atomic E-state index is -3.87. The Morgan fingerprint density at radius 1 is 1.09 bits per heavy atom. The molecule has 12 nitrogen and oxygen atoms in total. The third-order valence-corrected chi connectivity index (χ3v) is 11.7. The van der Waals surface area contributed by atoms with E-state index >= 15 is 0 Å². The Labute approximate surface area is 271 Å². The number of nitrogens with two attached hydrogens (primary N) is 1. The number of rotatable bonds is 14. The summed E-state index contributed by atoms with van der Waals surface area (Å²) in [5.41, 5.74) is 6.66. The first-order chi connectivity index (χ1) is 21.8. The fraction of sp³-hybridized carbons (Fsp3) is 0.576. The number of fused-ring (bicyclic) bond motifs is 1. The third kappa shape index (κ3) is 9.04. The molecule has 6 atom stereocenters. The minimum Gasteiger partial charge on any atom is -0.482 e. The molecule has 13 heteroatoms. The number of benzene rings is 1. The molecule has 2 unspecified atom stereocenters. The van der Waals surface area contributed by atoms with Gasteiger partial charge in [0.05, 0.1) is 29.1 Å². The number of hydrogen-bond acceptors (Lipinski definition) is 9. The number of piperidine rings is 1. The third-order valence-electron chi connectivity index (χ3n) is 9.57. The Kier molecular flexibility index (Phi) is 11.8. The van der Waals surface area contributed by atoms with Crippen LogP contribution >= 0.6 is 0 Å². The van der Waals surface area contributed by atoms with Crippen LogP contribution in [0.5, 0.6) is 5.75 Å². The summed E-state index contributed by atoms with van der Waals surface area (Å²) in [6, 6.07) is 9.58. The Morgan fingerprint density at radius 3 is 2.41 bits per heavy atom. The van der Waals surface area contributed by atoms with E-state index in [0.29, 0.717) is 30.6 Å². The van der Waals surface area contributed by atoms with Crippen LogP contribution in [0.4, 0.5) is 0 Å². The molecular formula is C33H47N5O7S. The van der Waals surface area contributed by atoms with Gasteiger partial charge in [0.2, 0.25) is 11.8 Å². The maximum Gasteiger partial charge on any atom is 0.258 e. The van der Waals surface area contributed by atoms with E-state index in [1.807, 2.05) is 35.2 Å². The zero-order chi connectivity index (χ0) is 33.5. The number of amides is 3. The molecule has 5 N–H and O–H groups in total. The van der Waals surface area contributed by atoms with Gasteiger partial charge in [-0.1, -0.05) is 49.6 Å². The van der Waals surface area contributed by atoms with Crippen molar-refractivity contribution < 1.29 is 32.6 Å². The molecule has 2 fully saturated rings. The lowest BCUT2D eigenvalue weighted by Crippen LogP contribution is -2.64. The maximum atomic E-state index is 14.0. The van der Waals surface area contributed by atoms with Crippen LogP contribution in [-0.2, 0) is 30.6 Å². The van der Waals surface area contributed by atoms with E-state index < -0.39 is 63.1 Å². The van der Waals surface area contributed by atoms with Crippen LogP contribution in [0, 0.1) is 11.8 Å². The van der Waals surface area contributed by atoms with Crippen LogP contribution in [0.15, 0.2) is 54.9 Å². The monoisotopic (exact) mass is 657 g/mol. The molecule has 2 aliphatic rings. The topological polar surface area (TPSA) is 181 Å². The zero-order valence-electron chi connectivity index (χ0n) is 26.8. The number of aromatic nitrogens is 1. The van der Waals surface area contributed by atoms with Crippen LogP contribution in [0.2, 0.25) is 0 Å². The van der Waals surface area contributed by atoms with Gasteiger partial charge in [-0.3, -0.25) is 24.3 Å². The van der Waals surface area contributed by atoms with Crippen LogP contribution in [0.3, 0.4) is 0 Å². The average Bonchev–Trinajstić information content (AvgIpc) is 3.02. The summed E-state index contributed by atoms with van der Waals surface area (Å²) in [5.74, 6) is -0.764. The summed E-state index contributed by atoms with van der Waals surface area (Å²) >= 11 is 0. The molecule has 1 aromatic heterocycles. The first kappa shape index (κ1) is 35.3. The average molecular weight is 658 g/mol. The molecule has 46 heavy (non-hydrogen) atoms. The number of aliphatic hydroxyl groups excluding tert-OH is 1. The molecule has 1 aromatic carbocycles. The predicted octanol–water partition coefficient (Wildman–Crippen LogP) is 1.22. The van der Waals surface area contributed by atoms with Gasteiger partial charge < -0.3 is 26.2 Å². The highest BCUT2D eigenvalue weighted by Gasteiger charge is 2.46. The van der Waals surface area contributed by atoms with Crippen LogP contribution in [0.25, 0.3) is 0 Å². The molecule has 2 aromatic rings. The number of ether oxygens (including phenoxy) is 1. The second-order valence-electron chi connectivity index (χ2n) is 13.1. The van der Waals surface area contributed by atoms with E-state index in [9.17, 15) is 27.9 Å². The molecule has 3 amide bonds. The highest BCUT2D eigenvalue weighted by atomic mass is 32.2. The van der Waals surface area contributed by atoms with Crippen molar-refractivity contribution in [2.24, 2.45) is 17.6 Å². The maximum absolute atomic E-state index is 14.0. The normalized spacial score (nSPS) is 22.5. The summed E-state index contributed by atoms with van der Waals surface area (Å²) < 4.78 is 29.5. The number of nitrogens with zero attached hydrogens (tertiary/aromatic N) is 2. The fourth-order valence-corrected chi connectivity index (χ4v) is 7.13. The SMILES string of the molecule is CC(C)([C@H](NC(=O)COc1cccnc1)C(=O)N[C@@H](Cc1ccccc1)[C@H](O)CN1CC2CCCCC2C[C@H]1C(N)=O)S(C)(=O)=O. The first-order valence-corrected chi connectivity index (χ1v) is 17.7. The number of β-amino-alcohol motifs (C(OH)–C–C–N with tert-alkyl or cyclic N) is 1. The van der Waals surface area contributed by atoms with E-state index in [2.05, 4.69) is 15.6 Å². The molecule has 1 saturated heterocycles. The van der Waals surface area contributed by atoms with Crippen molar-refractivity contribution in [3.63, 3.8) is 0 Å². The lowest BCUT2D eigenvalue weighted by molar-refractivity contribution is -0.132. The van der Waals surface area contributed by atoms with Crippen LogP contribution in [-0.4, -0.2) is 96.1 Å². The number of pyridine rings is 1. The van der Waals surface area contributed by atoms with E-state index in [1.54, 1.807) is 18.3 Å². The van der Waals surface area contributed by atoms with Gasteiger partial charge in [0, 0.05) is 25.5 Å². The summed E-state index contributed by atoms with van der Waals surface area (Å²) in [6.07, 6.45) is 8.08. The number of carbonyl (C=O) groups is 3. The summed E-state index contributed by atoms with van der Waals surface area (Å²) in [6.45, 7) is 2.96. The van der Waals surface area contributed by atoms with Gasteiger partial charge in [0.25, 0.3) is 5.91 Å². The lowest BCUT2D eigenvalue weighted by atomic mass is 9.72. The summed E-state index contributed by atoms with van der Waals surface area (Å²) in [5, 5.41) is 17.1. The first-order valence-electron chi connectivity index (χ1n) is 15.8. The van der Waals surface area contributed by atoms with Gasteiger partial charge >= 0.3 is 0 Å². The predicted molar refractivity (Wildman–Crippen MR) is 173 cm³/mol. The van der Waals surface area contributed by atoms with Crippen molar-refractivity contribution >= 4 is 27.6 Å². The molecular weight excluding hydrogens is 610 g/mol.